The monoisotopic (exact) mass is 416 g/mol. The molecule has 1 heterocycles. The maximum Gasteiger partial charge on any atom is 0.244 e. The number of nitrogens with two attached hydrogens (primary N) is 2. The van der Waals surface area contributed by atoms with Gasteiger partial charge in [-0.05, 0) is 37.1 Å². The highest BCUT2D eigenvalue weighted by atomic mass is 16.2. The molecule has 0 bridgehead atoms. The van der Waals surface area contributed by atoms with Crippen molar-refractivity contribution in [3.63, 3.8) is 0 Å². The van der Waals surface area contributed by atoms with Gasteiger partial charge in [-0.3, -0.25) is 28.8 Å². The lowest BCUT2D eigenvalue weighted by atomic mass is 9.65. The van der Waals surface area contributed by atoms with Crippen LogP contribution in [0.15, 0.2) is 24.3 Å². The highest BCUT2D eigenvalue weighted by Crippen LogP contribution is 2.40. The Morgan fingerprint density at radius 3 is 1.20 bits per heavy atom. The smallest absolute Gasteiger partial charge is 0.244 e. The maximum atomic E-state index is 13.1. The number of nitrogens with one attached hydrogen (secondary N) is 2. The standard InChI is InChI=1S/C20H24N4O6/c1-3-9(21)19(11(25)5-6-12(19)26)15-17(29)24-16(18(30)23-15)20(10(22)4-2)13(27)7-8-14(20)28/h5-10,15-16H,3-4,21-22H2,1-2H3,(H,23,30)(H,24,29). The van der Waals surface area contributed by atoms with E-state index in [0.717, 1.165) is 24.3 Å². The molecule has 1 saturated heterocycles. The van der Waals surface area contributed by atoms with Gasteiger partial charge < -0.3 is 22.1 Å². The molecule has 2 amide bonds. The Bertz CT molecular complexity index is 810. The van der Waals surface area contributed by atoms with Crippen molar-refractivity contribution in [3.05, 3.63) is 24.3 Å². The van der Waals surface area contributed by atoms with Gasteiger partial charge in [0, 0.05) is 12.1 Å². The van der Waals surface area contributed by atoms with Crippen LogP contribution in [0.2, 0.25) is 0 Å². The van der Waals surface area contributed by atoms with Gasteiger partial charge in [0.15, 0.2) is 23.1 Å². The van der Waals surface area contributed by atoms with Crippen LogP contribution in [-0.4, -0.2) is 59.1 Å². The van der Waals surface area contributed by atoms with Gasteiger partial charge >= 0.3 is 0 Å². The van der Waals surface area contributed by atoms with Gasteiger partial charge in [0.1, 0.15) is 22.9 Å². The second-order valence-corrected chi connectivity index (χ2v) is 7.77. The van der Waals surface area contributed by atoms with Gasteiger partial charge in [0.05, 0.1) is 0 Å². The predicted molar refractivity (Wildman–Crippen MR) is 104 cm³/mol. The maximum absolute atomic E-state index is 13.1. The molecule has 0 spiro atoms. The fourth-order valence-electron chi connectivity index (χ4n) is 4.69. The molecule has 0 aromatic carbocycles. The lowest BCUT2D eigenvalue weighted by Crippen LogP contribution is -2.77. The number of hydrogen-bond donors (Lipinski definition) is 4. The number of hydrogen-bond acceptors (Lipinski definition) is 8. The zero-order chi connectivity index (χ0) is 22.4. The Morgan fingerprint density at radius 1 is 0.700 bits per heavy atom. The highest BCUT2D eigenvalue weighted by molar-refractivity contribution is 6.28. The Morgan fingerprint density at radius 2 is 0.967 bits per heavy atom. The van der Waals surface area contributed by atoms with Gasteiger partial charge in [-0.1, -0.05) is 13.8 Å². The summed E-state index contributed by atoms with van der Waals surface area (Å²) in [7, 11) is 0. The molecule has 3 aliphatic rings. The molecule has 10 nitrogen and oxygen atoms in total. The minimum atomic E-state index is -1.98. The molecular formula is C20H24N4O6. The van der Waals surface area contributed by atoms with Crippen molar-refractivity contribution < 1.29 is 28.8 Å². The first kappa shape index (κ1) is 21.7. The van der Waals surface area contributed by atoms with Gasteiger partial charge in [0.2, 0.25) is 11.8 Å². The number of carbonyl (C=O) groups excluding carboxylic acids is 6. The van der Waals surface area contributed by atoms with Crippen molar-refractivity contribution >= 4 is 34.9 Å². The molecule has 4 unspecified atom stereocenters. The quantitative estimate of drug-likeness (QED) is 0.353. The summed E-state index contributed by atoms with van der Waals surface area (Å²) in [6.07, 6.45) is 4.51. The average Bonchev–Trinajstić information content (AvgIpc) is 3.19. The average molecular weight is 416 g/mol. The van der Waals surface area contributed by atoms with Crippen LogP contribution in [0.3, 0.4) is 0 Å². The minimum Gasteiger partial charge on any atom is -0.341 e. The zero-order valence-electron chi connectivity index (χ0n) is 16.6. The molecule has 0 radical (unpaired) electrons. The second kappa shape index (κ2) is 7.37. The third kappa shape index (κ3) is 2.56. The van der Waals surface area contributed by atoms with Crippen molar-refractivity contribution in [2.24, 2.45) is 22.3 Å². The Labute approximate surface area is 172 Å². The lowest BCUT2D eigenvalue weighted by Gasteiger charge is -2.45. The van der Waals surface area contributed by atoms with Crippen LogP contribution >= 0.6 is 0 Å². The summed E-state index contributed by atoms with van der Waals surface area (Å²) in [4.78, 5) is 76.8. The summed E-state index contributed by atoms with van der Waals surface area (Å²) < 4.78 is 0. The molecular weight excluding hydrogens is 392 g/mol. The second-order valence-electron chi connectivity index (χ2n) is 7.77. The van der Waals surface area contributed by atoms with E-state index in [0.29, 0.717) is 0 Å². The molecule has 1 aliphatic heterocycles. The van der Waals surface area contributed by atoms with Crippen LogP contribution in [0.4, 0.5) is 0 Å². The Balaban J connectivity index is 2.04. The number of allylic oxidation sites excluding steroid dienone is 4. The van der Waals surface area contributed by atoms with Gasteiger partial charge in [-0.2, -0.15) is 0 Å². The lowest BCUT2D eigenvalue weighted by molar-refractivity contribution is -0.155. The molecule has 160 valence electrons. The van der Waals surface area contributed by atoms with Crippen molar-refractivity contribution in [2.45, 2.75) is 50.9 Å². The zero-order valence-corrected chi connectivity index (χ0v) is 16.6. The minimum absolute atomic E-state index is 0.188. The van der Waals surface area contributed by atoms with E-state index in [2.05, 4.69) is 10.6 Å². The summed E-state index contributed by atoms with van der Waals surface area (Å²) in [5, 5.41) is 4.79. The normalized spacial score (nSPS) is 29.2. The fourth-order valence-corrected chi connectivity index (χ4v) is 4.69. The Kier molecular flexibility index (Phi) is 5.33. The predicted octanol–water partition coefficient (Wildman–Crippen LogP) is -2.17. The Hall–Kier alpha value is -2.98. The van der Waals surface area contributed by atoms with E-state index in [-0.39, 0.29) is 12.8 Å². The highest BCUT2D eigenvalue weighted by Gasteiger charge is 2.65. The van der Waals surface area contributed by atoms with Crippen molar-refractivity contribution in [1.29, 1.82) is 0 Å². The number of rotatable bonds is 6. The third-order valence-corrected chi connectivity index (χ3v) is 6.46. The molecule has 2 aliphatic carbocycles. The summed E-state index contributed by atoms with van der Waals surface area (Å²) in [6, 6.07) is -5.24. The van der Waals surface area contributed by atoms with Gasteiger partial charge in [0.25, 0.3) is 0 Å². The molecule has 0 aromatic rings. The molecule has 30 heavy (non-hydrogen) atoms. The number of amides is 2. The van der Waals surface area contributed by atoms with E-state index in [1.165, 1.54) is 0 Å². The largest absolute Gasteiger partial charge is 0.341 e. The summed E-state index contributed by atoms with van der Waals surface area (Å²) in [5.74, 6) is -4.51. The first-order chi connectivity index (χ1) is 14.1. The van der Waals surface area contributed by atoms with Crippen molar-refractivity contribution in [1.82, 2.24) is 10.6 Å². The number of carbonyl (C=O) groups is 6. The van der Waals surface area contributed by atoms with Crippen LogP contribution in [0, 0.1) is 10.8 Å². The molecule has 1 fully saturated rings. The first-order valence-corrected chi connectivity index (χ1v) is 9.75. The summed E-state index contributed by atoms with van der Waals surface area (Å²) >= 11 is 0. The SMILES string of the molecule is CCC(N)C1(C2NC(=O)C(C3(C(N)CC)C(=O)C=CC3=O)NC2=O)C(=O)C=CC1=O. The van der Waals surface area contributed by atoms with Crippen LogP contribution in [0.1, 0.15) is 26.7 Å². The fraction of sp³-hybridized carbons (Fsp3) is 0.500. The molecule has 6 N–H and O–H groups in total. The van der Waals surface area contributed by atoms with E-state index in [1.807, 2.05) is 0 Å². The van der Waals surface area contributed by atoms with E-state index in [1.54, 1.807) is 13.8 Å². The van der Waals surface area contributed by atoms with Crippen LogP contribution in [0.25, 0.3) is 0 Å². The summed E-state index contributed by atoms with van der Waals surface area (Å²) in [6.45, 7) is 3.29. The number of piperazine rings is 1. The molecule has 0 aromatic heterocycles. The molecule has 3 rings (SSSR count). The van der Waals surface area contributed by atoms with Crippen LogP contribution in [-0.2, 0) is 28.8 Å². The van der Waals surface area contributed by atoms with E-state index < -0.39 is 69.9 Å². The summed E-state index contributed by atoms with van der Waals surface area (Å²) in [5.41, 5.74) is 8.19. The van der Waals surface area contributed by atoms with Crippen LogP contribution < -0.4 is 22.1 Å². The van der Waals surface area contributed by atoms with Gasteiger partial charge in [-0.15, -0.1) is 0 Å². The first-order valence-electron chi connectivity index (χ1n) is 9.75. The molecule has 4 atom stereocenters. The number of ketones is 4. The van der Waals surface area contributed by atoms with E-state index in [9.17, 15) is 28.8 Å². The van der Waals surface area contributed by atoms with E-state index >= 15 is 0 Å². The molecule has 10 heteroatoms. The topological polar surface area (TPSA) is 179 Å². The van der Waals surface area contributed by atoms with Crippen LogP contribution in [0.5, 0.6) is 0 Å². The molecule has 0 saturated carbocycles. The van der Waals surface area contributed by atoms with Crippen molar-refractivity contribution in [2.75, 3.05) is 0 Å². The van der Waals surface area contributed by atoms with Crippen molar-refractivity contribution in [3.8, 4) is 0 Å². The van der Waals surface area contributed by atoms with Gasteiger partial charge in [-0.25, -0.2) is 0 Å². The third-order valence-electron chi connectivity index (χ3n) is 6.46. The van der Waals surface area contributed by atoms with E-state index in [4.69, 9.17) is 11.5 Å².